The van der Waals surface area contributed by atoms with Crippen LogP contribution in [-0.2, 0) is 43.3 Å². The normalized spacial score (nSPS) is 15.9. The van der Waals surface area contributed by atoms with Crippen molar-refractivity contribution >= 4 is 101 Å². The fourth-order valence-corrected chi connectivity index (χ4v) is 20.9. The minimum atomic E-state index is -0.211. The van der Waals surface area contributed by atoms with Gasteiger partial charge in [-0.15, -0.1) is 0 Å². The molecule has 4 aliphatic rings. The quantitative estimate of drug-likeness (QED) is 0.134. The summed E-state index contributed by atoms with van der Waals surface area (Å²) < 4.78 is 5.17. The van der Waals surface area contributed by atoms with Crippen LogP contribution in [0.15, 0.2) is 285 Å². The van der Waals surface area contributed by atoms with Gasteiger partial charge in [0, 0.05) is 61.4 Å². The first-order valence-corrected chi connectivity index (χ1v) is 44.5. The van der Waals surface area contributed by atoms with Crippen molar-refractivity contribution < 1.29 is 0 Å². The molecule has 0 saturated carbocycles. The van der Waals surface area contributed by atoms with Gasteiger partial charge in [0.1, 0.15) is 0 Å². The van der Waals surface area contributed by atoms with Crippen LogP contribution in [0.2, 0.25) is 0 Å². The van der Waals surface area contributed by atoms with Gasteiger partial charge < -0.3 is 18.9 Å². The molecular formula is C116H115BN4. The van der Waals surface area contributed by atoms with Gasteiger partial charge in [-0.1, -0.05) is 320 Å². The standard InChI is InChI=1S/C116H115BN4/c1-109(2,3)82-40-53-102-92(67-82)93-68-83(110(4,5)6)41-54-103(93)121(102)89-70-106-108-107(71-89)119(87-44-33-75(34-45-87)79-36-48-95-97(64-79)116(19,20)58-56-114(95,15)16)105-69-88(120-100-51-38-76(72-27-23-21-24-28-72)61-90(100)91-62-77(39-52-101(91)120)73-29-25-22-26-30-73)46-50-99(105)117(108)98-49-37-80(81-59-84(111(7,8)9)66-85(60-81)112(10,11)12)65-104(98)118(106)86-42-31-74(32-43-86)78-35-47-94-96(63-78)115(17,18)57-55-113(94,13)14/h21-54,59-71H,55-58H2,1-20H3. The van der Waals surface area contributed by atoms with Gasteiger partial charge in [-0.05, 0) is 289 Å². The maximum Gasteiger partial charge on any atom is 0.252 e. The Labute approximate surface area is 719 Å². The van der Waals surface area contributed by atoms with E-state index in [1.807, 2.05) is 0 Å². The van der Waals surface area contributed by atoms with Gasteiger partial charge in [0.2, 0.25) is 0 Å². The fraction of sp³-hybridized carbons (Fsp3) is 0.276. The monoisotopic (exact) mass is 1570 g/mol. The molecule has 0 atom stereocenters. The molecule has 16 aromatic rings. The van der Waals surface area contributed by atoms with Gasteiger partial charge in [0.05, 0.1) is 27.8 Å². The van der Waals surface area contributed by atoms with Gasteiger partial charge in [-0.3, -0.25) is 0 Å². The maximum absolute atomic E-state index is 2.67. The third-order valence-corrected chi connectivity index (χ3v) is 28.7. The molecule has 121 heavy (non-hydrogen) atoms. The molecule has 2 aliphatic carbocycles. The van der Waals surface area contributed by atoms with E-state index < -0.39 is 0 Å². The average Bonchev–Trinajstić information content (AvgIpc) is 1.64. The largest absolute Gasteiger partial charge is 0.311 e. The SMILES string of the molecule is CC(C)(C)c1cc(-c2ccc3c(c2)N(c2ccc(-c4ccc5c(c4)C(C)(C)CCC5(C)C)cc2)c2cc(-n4c5ccc(C(C)(C)C)cc5c5cc(C(C)(C)C)ccc54)cc4c2B3c2ccc(-n3c5ccc(-c6ccccc6)cc5c5cc(-c6ccccc6)ccc53)cc2N4c2ccc(-c3ccc4c(c3)C(C)(C)CCC4(C)C)cc2)cc(C(C)(C)C)c1. The van der Waals surface area contributed by atoms with E-state index >= 15 is 0 Å². The van der Waals surface area contributed by atoms with E-state index in [2.05, 4.69) is 443 Å². The summed E-state index contributed by atoms with van der Waals surface area (Å²) in [6.45, 7) is 47.6. The Hall–Kier alpha value is -11.7. The summed E-state index contributed by atoms with van der Waals surface area (Å²) in [5.41, 5.74) is 40.8. The van der Waals surface area contributed by atoms with Gasteiger partial charge in [0.25, 0.3) is 6.71 Å². The molecule has 0 fully saturated rings. The second-order valence-electron chi connectivity index (χ2n) is 42.8. The molecule has 0 spiro atoms. The van der Waals surface area contributed by atoms with Crippen molar-refractivity contribution in [1.82, 2.24) is 9.13 Å². The Morgan fingerprint density at radius 3 is 0.967 bits per heavy atom. The van der Waals surface area contributed by atoms with E-state index in [0.717, 1.165) is 63.7 Å². The van der Waals surface area contributed by atoms with Gasteiger partial charge >= 0.3 is 0 Å². The molecule has 4 nitrogen and oxygen atoms in total. The Bertz CT molecular complexity index is 6710. The maximum atomic E-state index is 2.67. The molecule has 0 radical (unpaired) electrons. The summed E-state index contributed by atoms with van der Waals surface area (Å²) >= 11 is 0. The minimum absolute atomic E-state index is 0.0568. The molecule has 2 aromatic heterocycles. The van der Waals surface area contributed by atoms with Crippen LogP contribution in [0.4, 0.5) is 34.1 Å². The van der Waals surface area contributed by atoms with Crippen molar-refractivity contribution in [2.24, 2.45) is 0 Å². The van der Waals surface area contributed by atoms with E-state index in [9.17, 15) is 0 Å². The minimum Gasteiger partial charge on any atom is -0.311 e. The number of anilines is 6. The Morgan fingerprint density at radius 1 is 0.231 bits per heavy atom. The second kappa shape index (κ2) is 27.4. The zero-order chi connectivity index (χ0) is 84.3. The van der Waals surface area contributed by atoms with Gasteiger partial charge in [0.15, 0.2) is 0 Å². The van der Waals surface area contributed by atoms with Crippen LogP contribution in [0.5, 0.6) is 0 Å². The molecule has 0 bridgehead atoms. The van der Waals surface area contributed by atoms with Crippen LogP contribution < -0.4 is 26.2 Å². The van der Waals surface area contributed by atoms with Gasteiger partial charge in [-0.2, -0.15) is 0 Å². The lowest BCUT2D eigenvalue weighted by atomic mass is 9.33. The van der Waals surface area contributed by atoms with Crippen molar-refractivity contribution in [2.45, 2.75) is 207 Å². The molecule has 2 aliphatic heterocycles. The number of benzene rings is 14. The molecule has 0 unspecified atom stereocenters. The summed E-state index contributed by atoms with van der Waals surface area (Å²) in [6, 6.07) is 112. The molecule has 4 heterocycles. The molecule has 20 rings (SSSR count). The molecule has 14 aromatic carbocycles. The zero-order valence-corrected chi connectivity index (χ0v) is 74.8. The second-order valence-corrected chi connectivity index (χ2v) is 42.8. The smallest absolute Gasteiger partial charge is 0.252 e. The first-order valence-electron chi connectivity index (χ1n) is 44.5. The van der Waals surface area contributed by atoms with E-state index in [-0.39, 0.29) is 50.0 Å². The lowest BCUT2D eigenvalue weighted by Crippen LogP contribution is -2.61. The van der Waals surface area contributed by atoms with Crippen molar-refractivity contribution in [2.75, 3.05) is 9.80 Å². The van der Waals surface area contributed by atoms with Gasteiger partial charge in [-0.25, -0.2) is 0 Å². The molecular weight excluding hydrogens is 1460 g/mol. The van der Waals surface area contributed by atoms with Crippen molar-refractivity contribution in [3.63, 3.8) is 0 Å². The third-order valence-electron chi connectivity index (χ3n) is 28.7. The van der Waals surface area contributed by atoms with Crippen LogP contribution >= 0.6 is 0 Å². The van der Waals surface area contributed by atoms with E-state index in [4.69, 9.17) is 0 Å². The number of rotatable bonds is 9. The van der Waals surface area contributed by atoms with Crippen LogP contribution in [0, 0.1) is 0 Å². The number of fused-ring (bicyclic) bond motifs is 12. The van der Waals surface area contributed by atoms with E-state index in [0.29, 0.717) is 0 Å². The third kappa shape index (κ3) is 13.1. The number of nitrogens with zero attached hydrogens (tertiary/aromatic N) is 4. The van der Waals surface area contributed by atoms with Crippen molar-refractivity contribution in [3.8, 4) is 67.0 Å². The highest BCUT2D eigenvalue weighted by molar-refractivity contribution is 7.00. The topological polar surface area (TPSA) is 16.3 Å². The molecule has 0 N–H and O–H groups in total. The Morgan fingerprint density at radius 2 is 0.545 bits per heavy atom. The first-order chi connectivity index (χ1) is 57.4. The van der Waals surface area contributed by atoms with Crippen LogP contribution in [0.25, 0.3) is 111 Å². The fourth-order valence-electron chi connectivity index (χ4n) is 20.9. The highest BCUT2D eigenvalue weighted by Crippen LogP contribution is 2.53. The molecule has 0 saturated heterocycles. The van der Waals surface area contributed by atoms with Crippen LogP contribution in [-0.4, -0.2) is 15.8 Å². The summed E-state index contributed by atoms with van der Waals surface area (Å²) in [7, 11) is 0. The summed E-state index contributed by atoms with van der Waals surface area (Å²) in [5.74, 6) is 0. The predicted molar refractivity (Wildman–Crippen MR) is 522 cm³/mol. The number of hydrogen-bond donors (Lipinski definition) is 0. The van der Waals surface area contributed by atoms with Crippen molar-refractivity contribution in [1.29, 1.82) is 0 Å². The average molecular weight is 1580 g/mol. The summed E-state index contributed by atoms with van der Waals surface area (Å²) in [6.07, 6.45) is 4.67. The van der Waals surface area contributed by atoms with Crippen LogP contribution in [0.3, 0.4) is 0 Å². The number of aromatic nitrogens is 2. The molecule has 0 amide bonds. The zero-order valence-electron chi connectivity index (χ0n) is 74.8. The Kier molecular flexibility index (Phi) is 17.7. The van der Waals surface area contributed by atoms with Crippen LogP contribution in [0.1, 0.15) is 209 Å². The lowest BCUT2D eigenvalue weighted by molar-refractivity contribution is 0.332. The van der Waals surface area contributed by atoms with E-state index in [1.54, 1.807) is 0 Å². The highest BCUT2D eigenvalue weighted by atomic mass is 15.2. The molecule has 602 valence electrons. The molecule has 5 heteroatoms. The Balaban J connectivity index is 0.890. The van der Waals surface area contributed by atoms with Crippen molar-refractivity contribution in [3.05, 3.63) is 330 Å². The van der Waals surface area contributed by atoms with E-state index in [1.165, 1.54) is 168 Å². The summed E-state index contributed by atoms with van der Waals surface area (Å²) in [4.78, 5) is 5.34. The predicted octanol–water partition coefficient (Wildman–Crippen LogP) is 30.2. The lowest BCUT2D eigenvalue weighted by Gasteiger charge is -2.45. The first kappa shape index (κ1) is 77.9. The highest BCUT2D eigenvalue weighted by Gasteiger charge is 2.46. The summed E-state index contributed by atoms with van der Waals surface area (Å²) in [5, 5.41) is 4.95. The number of hydrogen-bond acceptors (Lipinski definition) is 2.